The Morgan fingerprint density at radius 1 is 1.04 bits per heavy atom. The van der Waals surface area contributed by atoms with Gasteiger partial charge in [-0.3, -0.25) is 4.79 Å². The predicted octanol–water partition coefficient (Wildman–Crippen LogP) is 3.82. The van der Waals surface area contributed by atoms with Crippen LogP contribution in [-0.2, 0) is 4.79 Å². The predicted molar refractivity (Wildman–Crippen MR) is 97.1 cm³/mol. The Bertz CT molecular complexity index is 955. The molecule has 0 radical (unpaired) electrons. The number of aryl methyl sites for hydroxylation is 2. The number of nitrogens with one attached hydrogen (secondary N) is 1. The summed E-state index contributed by atoms with van der Waals surface area (Å²) in [5, 5.41) is 3.57. The van der Waals surface area contributed by atoms with E-state index in [1.165, 1.54) is 6.07 Å². The number of carbonyl (C=O) groups excluding carboxylic acids is 1. The van der Waals surface area contributed by atoms with E-state index >= 15 is 0 Å². The van der Waals surface area contributed by atoms with Gasteiger partial charge in [-0.15, -0.1) is 0 Å². The summed E-state index contributed by atoms with van der Waals surface area (Å²) in [6, 6.07) is 14.1. The number of hydrogen-bond acceptors (Lipinski definition) is 4. The van der Waals surface area contributed by atoms with E-state index in [1.54, 1.807) is 24.3 Å². The van der Waals surface area contributed by atoms with Crippen LogP contribution in [0, 0.1) is 13.8 Å². The second-order valence-electron chi connectivity index (χ2n) is 5.98. The smallest absolute Gasteiger partial charge is 0.336 e. The number of fused-ring (bicyclic) bond motifs is 1. The Morgan fingerprint density at radius 3 is 2.56 bits per heavy atom. The van der Waals surface area contributed by atoms with Crippen LogP contribution in [0.2, 0.25) is 0 Å². The minimum Gasteiger partial charge on any atom is -0.493 e. The molecule has 0 bridgehead atoms. The third-order valence-corrected chi connectivity index (χ3v) is 3.70. The number of anilines is 1. The lowest BCUT2D eigenvalue weighted by Crippen LogP contribution is -2.15. The summed E-state index contributed by atoms with van der Waals surface area (Å²) in [5.74, 6) is 0.632. The molecule has 0 fully saturated rings. The molecule has 25 heavy (non-hydrogen) atoms. The van der Waals surface area contributed by atoms with Crippen molar-refractivity contribution < 1.29 is 13.9 Å². The van der Waals surface area contributed by atoms with Crippen molar-refractivity contribution in [3.63, 3.8) is 0 Å². The molecular weight excluding hydrogens is 318 g/mol. The number of benzene rings is 2. The van der Waals surface area contributed by atoms with E-state index in [0.717, 1.165) is 22.3 Å². The third-order valence-electron chi connectivity index (χ3n) is 3.70. The molecule has 2 aromatic carbocycles. The van der Waals surface area contributed by atoms with E-state index < -0.39 is 5.63 Å². The van der Waals surface area contributed by atoms with Crippen LogP contribution >= 0.6 is 0 Å². The van der Waals surface area contributed by atoms with Crippen LogP contribution in [0.1, 0.15) is 17.5 Å². The van der Waals surface area contributed by atoms with Crippen molar-refractivity contribution in [2.75, 3.05) is 11.9 Å². The van der Waals surface area contributed by atoms with Gasteiger partial charge >= 0.3 is 5.63 Å². The van der Waals surface area contributed by atoms with Gasteiger partial charge < -0.3 is 14.5 Å². The van der Waals surface area contributed by atoms with Crippen LogP contribution in [0.3, 0.4) is 0 Å². The first kappa shape index (κ1) is 16.8. The molecular formula is C20H19NO4. The van der Waals surface area contributed by atoms with Gasteiger partial charge in [0.2, 0.25) is 5.91 Å². The number of rotatable bonds is 5. The summed E-state index contributed by atoms with van der Waals surface area (Å²) in [4.78, 5) is 23.2. The zero-order valence-electron chi connectivity index (χ0n) is 14.2. The average molecular weight is 337 g/mol. The van der Waals surface area contributed by atoms with Crippen molar-refractivity contribution in [2.45, 2.75) is 20.3 Å². The van der Waals surface area contributed by atoms with E-state index in [2.05, 4.69) is 11.4 Å². The second kappa shape index (κ2) is 7.21. The average Bonchev–Trinajstić information content (AvgIpc) is 2.54. The topological polar surface area (TPSA) is 68.5 Å². The van der Waals surface area contributed by atoms with Crippen molar-refractivity contribution in [3.05, 3.63) is 70.1 Å². The van der Waals surface area contributed by atoms with Crippen molar-refractivity contribution in [1.82, 2.24) is 0 Å². The molecule has 0 aliphatic rings. The van der Waals surface area contributed by atoms with E-state index in [4.69, 9.17) is 9.15 Å². The largest absolute Gasteiger partial charge is 0.493 e. The standard InChI is InChI=1S/C20H19NO4/c1-13-9-14(2)11-17(10-13)24-8-7-19(22)21-16-4-5-18-15(12-16)3-6-20(23)25-18/h3-6,9-12H,7-8H2,1-2H3,(H,21,22). The van der Waals surface area contributed by atoms with Gasteiger partial charge in [0.05, 0.1) is 13.0 Å². The Kier molecular flexibility index (Phi) is 4.84. The normalized spacial score (nSPS) is 10.6. The Hall–Kier alpha value is -3.08. The van der Waals surface area contributed by atoms with Gasteiger partial charge in [-0.2, -0.15) is 0 Å². The van der Waals surface area contributed by atoms with Gasteiger partial charge in [0.25, 0.3) is 0 Å². The zero-order chi connectivity index (χ0) is 17.8. The van der Waals surface area contributed by atoms with Gasteiger partial charge in [0, 0.05) is 17.1 Å². The van der Waals surface area contributed by atoms with Crippen LogP contribution in [0.5, 0.6) is 5.75 Å². The molecule has 0 aliphatic carbocycles. The molecule has 0 atom stereocenters. The maximum atomic E-state index is 12.1. The Morgan fingerprint density at radius 2 is 1.80 bits per heavy atom. The van der Waals surface area contributed by atoms with Crippen LogP contribution in [0.4, 0.5) is 5.69 Å². The fourth-order valence-corrected chi connectivity index (χ4v) is 2.65. The van der Waals surface area contributed by atoms with Gasteiger partial charge in [0.1, 0.15) is 11.3 Å². The molecule has 1 amide bonds. The molecule has 5 nitrogen and oxygen atoms in total. The van der Waals surface area contributed by atoms with E-state index in [0.29, 0.717) is 17.9 Å². The summed E-state index contributed by atoms with van der Waals surface area (Å²) in [6.45, 7) is 4.32. The molecule has 0 saturated heterocycles. The number of amides is 1. The minimum absolute atomic E-state index is 0.138. The molecule has 1 N–H and O–H groups in total. The summed E-state index contributed by atoms with van der Waals surface area (Å²) in [5.41, 5.74) is 3.00. The summed E-state index contributed by atoms with van der Waals surface area (Å²) in [7, 11) is 0. The molecule has 3 aromatic rings. The van der Waals surface area contributed by atoms with Crippen LogP contribution in [0.25, 0.3) is 11.0 Å². The first-order chi connectivity index (χ1) is 12.0. The molecule has 0 unspecified atom stereocenters. The van der Waals surface area contributed by atoms with Crippen LogP contribution < -0.4 is 15.7 Å². The first-order valence-electron chi connectivity index (χ1n) is 8.04. The minimum atomic E-state index is -0.396. The van der Waals surface area contributed by atoms with Gasteiger partial charge in [0.15, 0.2) is 0 Å². The van der Waals surface area contributed by atoms with Crippen LogP contribution in [-0.4, -0.2) is 12.5 Å². The highest BCUT2D eigenvalue weighted by atomic mass is 16.5. The summed E-state index contributed by atoms with van der Waals surface area (Å²) < 4.78 is 10.7. The lowest BCUT2D eigenvalue weighted by atomic mass is 10.1. The zero-order valence-corrected chi connectivity index (χ0v) is 14.2. The quantitative estimate of drug-likeness (QED) is 0.719. The van der Waals surface area contributed by atoms with Crippen molar-refractivity contribution in [1.29, 1.82) is 0 Å². The van der Waals surface area contributed by atoms with E-state index in [9.17, 15) is 9.59 Å². The highest BCUT2D eigenvalue weighted by molar-refractivity contribution is 5.93. The van der Waals surface area contributed by atoms with E-state index in [-0.39, 0.29) is 12.3 Å². The molecule has 3 rings (SSSR count). The molecule has 1 aromatic heterocycles. The van der Waals surface area contributed by atoms with Crippen molar-refractivity contribution in [2.24, 2.45) is 0 Å². The summed E-state index contributed by atoms with van der Waals surface area (Å²) >= 11 is 0. The third kappa shape index (κ3) is 4.47. The van der Waals surface area contributed by atoms with Gasteiger partial charge in [-0.05, 0) is 61.4 Å². The van der Waals surface area contributed by atoms with Crippen molar-refractivity contribution >= 4 is 22.6 Å². The summed E-state index contributed by atoms with van der Waals surface area (Å²) in [6.07, 6.45) is 0.245. The molecule has 1 heterocycles. The first-order valence-corrected chi connectivity index (χ1v) is 8.04. The van der Waals surface area contributed by atoms with Crippen molar-refractivity contribution in [3.8, 4) is 5.75 Å². The highest BCUT2D eigenvalue weighted by Gasteiger charge is 2.05. The molecule has 0 saturated carbocycles. The molecule has 128 valence electrons. The molecule has 5 heteroatoms. The maximum absolute atomic E-state index is 12.1. The Labute approximate surface area is 145 Å². The molecule has 0 spiro atoms. The van der Waals surface area contributed by atoms with E-state index in [1.807, 2.05) is 26.0 Å². The van der Waals surface area contributed by atoms with Crippen LogP contribution in [0.15, 0.2) is 57.7 Å². The lowest BCUT2D eigenvalue weighted by molar-refractivity contribution is -0.116. The lowest BCUT2D eigenvalue weighted by Gasteiger charge is -2.09. The number of ether oxygens (including phenoxy) is 1. The SMILES string of the molecule is Cc1cc(C)cc(OCCC(=O)Nc2ccc3oc(=O)ccc3c2)c1. The second-order valence-corrected chi connectivity index (χ2v) is 5.98. The maximum Gasteiger partial charge on any atom is 0.336 e. The number of hydrogen-bond donors (Lipinski definition) is 1. The Balaban J connectivity index is 1.57. The van der Waals surface area contributed by atoms with Gasteiger partial charge in [-0.25, -0.2) is 4.79 Å². The highest BCUT2D eigenvalue weighted by Crippen LogP contribution is 2.18. The fourth-order valence-electron chi connectivity index (χ4n) is 2.65. The monoisotopic (exact) mass is 337 g/mol. The fraction of sp³-hybridized carbons (Fsp3) is 0.200. The van der Waals surface area contributed by atoms with Gasteiger partial charge in [-0.1, -0.05) is 6.07 Å². The molecule has 0 aliphatic heterocycles. The number of carbonyl (C=O) groups is 1.